The van der Waals surface area contributed by atoms with Gasteiger partial charge in [-0.15, -0.1) is 4.39 Å². The first kappa shape index (κ1) is 25.8. The Hall–Kier alpha value is -3.26. The van der Waals surface area contributed by atoms with Gasteiger partial charge in [-0.3, -0.25) is 14.2 Å². The molecule has 0 spiro atoms. The topological polar surface area (TPSA) is 84.3 Å². The van der Waals surface area contributed by atoms with Crippen LogP contribution in [0.5, 0.6) is 0 Å². The maximum absolute atomic E-state index is 14.6. The minimum atomic E-state index is -3.82. The molecule has 4 aromatic rings. The smallest absolute Gasteiger partial charge is 0.350 e. The summed E-state index contributed by atoms with van der Waals surface area (Å²) in [7, 11) is -1.29. The fourth-order valence-electron chi connectivity index (χ4n) is 4.15. The Balaban J connectivity index is 1.84. The molecule has 2 heterocycles. The van der Waals surface area contributed by atoms with Crippen LogP contribution in [0.15, 0.2) is 48.7 Å². The highest BCUT2D eigenvalue weighted by Crippen LogP contribution is 2.47. The Labute approximate surface area is 211 Å². The highest BCUT2D eigenvalue weighted by atomic mass is 35.5. The van der Waals surface area contributed by atoms with E-state index in [0.29, 0.717) is 21.2 Å². The summed E-state index contributed by atoms with van der Waals surface area (Å²) in [6.07, 6.45) is 1.08. The Morgan fingerprint density at radius 1 is 1.11 bits per heavy atom. The summed E-state index contributed by atoms with van der Waals surface area (Å²) in [6, 6.07) is 11.3. The van der Waals surface area contributed by atoms with Crippen molar-refractivity contribution >= 4 is 46.4 Å². The lowest BCUT2D eigenvalue weighted by Crippen LogP contribution is -2.45. The maximum Gasteiger partial charge on any atom is 0.416 e. The van der Waals surface area contributed by atoms with E-state index in [9.17, 15) is 18.1 Å². The van der Waals surface area contributed by atoms with E-state index >= 15 is 0 Å². The number of hydrogen-bond donors (Lipinski definition) is 2. The molecular weight excluding hydrogens is 511 g/mol. The van der Waals surface area contributed by atoms with Crippen LogP contribution < -0.4 is 25.5 Å². The minimum absolute atomic E-state index is 0.0621. The van der Waals surface area contributed by atoms with Crippen LogP contribution in [-0.2, 0) is 15.6 Å². The molecule has 2 N–H and O–H groups in total. The maximum atomic E-state index is 14.6. The average Bonchev–Trinajstić information content (AvgIpc) is 3.22. The van der Waals surface area contributed by atoms with E-state index in [1.807, 2.05) is 19.9 Å². The largest absolute Gasteiger partial charge is 0.416 e. The molecule has 0 aliphatic carbocycles. The second-order valence-corrected chi connectivity index (χ2v) is 11.1. The van der Waals surface area contributed by atoms with Gasteiger partial charge < -0.3 is 14.8 Å². The van der Waals surface area contributed by atoms with Crippen LogP contribution in [0.4, 0.5) is 8.78 Å². The Bertz CT molecular complexity index is 1520. The van der Waals surface area contributed by atoms with Crippen molar-refractivity contribution in [2.24, 2.45) is 0 Å². The summed E-state index contributed by atoms with van der Waals surface area (Å²) in [5.74, 6) is -2.59. The second-order valence-electron chi connectivity index (χ2n) is 8.24. The molecule has 7 nitrogen and oxygen atoms in total. The van der Waals surface area contributed by atoms with Crippen LogP contribution >= 0.6 is 19.0 Å². The Morgan fingerprint density at radius 2 is 1.81 bits per heavy atom. The number of aryl methyl sites for hydroxylation is 2. The molecule has 0 aliphatic rings. The van der Waals surface area contributed by atoms with Crippen molar-refractivity contribution < 1.29 is 32.2 Å². The molecule has 0 aliphatic heterocycles. The van der Waals surface area contributed by atoms with E-state index in [0.717, 1.165) is 28.1 Å². The van der Waals surface area contributed by atoms with Gasteiger partial charge in [-0.1, -0.05) is 28.8 Å². The fourth-order valence-corrected chi connectivity index (χ4v) is 6.68. The van der Waals surface area contributed by atoms with Gasteiger partial charge in [-0.25, -0.2) is 4.39 Å². The van der Waals surface area contributed by atoms with Gasteiger partial charge in [-0.2, -0.15) is 0 Å². The van der Waals surface area contributed by atoms with Crippen LogP contribution in [0.25, 0.3) is 10.9 Å². The first-order valence-electron chi connectivity index (χ1n) is 10.9. The van der Waals surface area contributed by atoms with Crippen molar-refractivity contribution in [2.75, 3.05) is 14.2 Å². The number of nitrogens with zero attached hydrogens (tertiary/aromatic N) is 1. The lowest BCUT2D eigenvalue weighted by Gasteiger charge is -2.19. The highest BCUT2D eigenvalue weighted by Gasteiger charge is 2.36. The zero-order valence-electron chi connectivity index (χ0n) is 20.0. The van der Waals surface area contributed by atoms with Gasteiger partial charge in [0, 0.05) is 39.1 Å². The molecule has 2 aromatic carbocycles. The SMILES string of the molecule is CO[n+]1ccc(F)c(CNC(=O)c2[nH]c3ccc(Cl)cc3c2P(=O)(OC)c2cc(C)cc(C)c2)c1F. The van der Waals surface area contributed by atoms with E-state index in [-0.39, 0.29) is 11.0 Å². The third kappa shape index (κ3) is 4.62. The van der Waals surface area contributed by atoms with Crippen molar-refractivity contribution in [1.82, 2.24) is 10.3 Å². The molecule has 1 unspecified atom stereocenters. The molecule has 1 atom stereocenters. The quantitative estimate of drug-likeness (QED) is 0.214. The number of halogens is 3. The molecular formula is C25H24ClF2N3O4P+. The number of nitrogens with one attached hydrogen (secondary N) is 2. The van der Waals surface area contributed by atoms with Crippen molar-refractivity contribution in [3.63, 3.8) is 0 Å². The number of aromatic amines is 1. The van der Waals surface area contributed by atoms with Crippen molar-refractivity contribution in [1.29, 1.82) is 0 Å². The summed E-state index contributed by atoms with van der Waals surface area (Å²) in [4.78, 5) is 21.2. The van der Waals surface area contributed by atoms with Gasteiger partial charge in [-0.05, 0) is 44.2 Å². The van der Waals surface area contributed by atoms with E-state index in [1.165, 1.54) is 14.2 Å². The van der Waals surface area contributed by atoms with Crippen molar-refractivity contribution in [3.05, 3.63) is 87.8 Å². The number of amides is 1. The minimum Gasteiger partial charge on any atom is -0.350 e. The molecule has 36 heavy (non-hydrogen) atoms. The van der Waals surface area contributed by atoms with Gasteiger partial charge >= 0.3 is 5.95 Å². The molecule has 0 fully saturated rings. The monoisotopic (exact) mass is 534 g/mol. The number of fused-ring (bicyclic) bond motifs is 1. The summed E-state index contributed by atoms with van der Waals surface area (Å²) < 4.78 is 49.7. The summed E-state index contributed by atoms with van der Waals surface area (Å²) in [5, 5.41) is 3.83. The number of benzene rings is 2. The van der Waals surface area contributed by atoms with E-state index < -0.39 is 37.1 Å². The van der Waals surface area contributed by atoms with E-state index in [1.54, 1.807) is 30.3 Å². The van der Waals surface area contributed by atoms with Crippen LogP contribution in [0.1, 0.15) is 27.2 Å². The zero-order chi connectivity index (χ0) is 26.2. The third-order valence-electron chi connectivity index (χ3n) is 5.77. The summed E-state index contributed by atoms with van der Waals surface area (Å²) in [6.45, 7) is 3.24. The van der Waals surface area contributed by atoms with Crippen molar-refractivity contribution in [2.45, 2.75) is 20.4 Å². The number of carbonyl (C=O) groups is 1. The van der Waals surface area contributed by atoms with E-state index in [2.05, 4.69) is 10.3 Å². The van der Waals surface area contributed by atoms with Crippen LogP contribution in [0, 0.1) is 25.6 Å². The van der Waals surface area contributed by atoms with Gasteiger partial charge in [0.2, 0.25) is 6.20 Å². The van der Waals surface area contributed by atoms with Gasteiger partial charge in [0.05, 0.1) is 11.8 Å². The number of hydrogen-bond acceptors (Lipinski definition) is 4. The van der Waals surface area contributed by atoms with Crippen molar-refractivity contribution in [3.8, 4) is 0 Å². The summed E-state index contributed by atoms with van der Waals surface area (Å²) in [5.41, 5.74) is 1.77. The average molecular weight is 535 g/mol. The molecule has 2 aromatic heterocycles. The first-order valence-corrected chi connectivity index (χ1v) is 12.9. The normalized spacial score (nSPS) is 13.0. The number of H-pyrrole nitrogens is 1. The number of carbonyl (C=O) groups excluding carboxylic acids is 1. The van der Waals surface area contributed by atoms with E-state index in [4.69, 9.17) is 21.0 Å². The molecule has 4 rings (SSSR count). The Kier molecular flexibility index (Phi) is 7.18. The molecule has 11 heteroatoms. The first-order chi connectivity index (χ1) is 17.1. The standard InChI is InChI=1S/C25H23ClF2N3O4P/c1-14-9-15(2)11-17(10-14)36(33,35-4)23-18-12-16(26)5-6-21(18)30-22(23)25(32)29-13-19-20(27)7-8-31(34-3)24(19)28/h5-12H,13H2,1-4H3,(H-,29,30,32,33)/p+1. The number of aromatic nitrogens is 2. The van der Waals surface area contributed by atoms with Crippen LogP contribution in [-0.4, -0.2) is 25.1 Å². The molecule has 0 radical (unpaired) electrons. The number of rotatable bonds is 7. The lowest BCUT2D eigenvalue weighted by molar-refractivity contribution is -0.905. The third-order valence-corrected chi connectivity index (χ3v) is 8.51. The lowest BCUT2D eigenvalue weighted by atomic mass is 10.2. The van der Waals surface area contributed by atoms with Gasteiger partial charge in [0.15, 0.2) is 0 Å². The van der Waals surface area contributed by atoms with Gasteiger partial charge in [0.1, 0.15) is 24.2 Å². The van der Waals surface area contributed by atoms with Crippen LogP contribution in [0.2, 0.25) is 5.02 Å². The second kappa shape index (κ2) is 10.0. The zero-order valence-corrected chi connectivity index (χ0v) is 21.6. The van der Waals surface area contributed by atoms with Crippen LogP contribution in [0.3, 0.4) is 0 Å². The highest BCUT2D eigenvalue weighted by molar-refractivity contribution is 7.75. The molecule has 1 amide bonds. The molecule has 188 valence electrons. The number of pyridine rings is 1. The fraction of sp³-hybridized carbons (Fsp3) is 0.200. The Morgan fingerprint density at radius 3 is 2.44 bits per heavy atom. The predicted molar refractivity (Wildman–Crippen MR) is 133 cm³/mol. The molecule has 0 bridgehead atoms. The summed E-state index contributed by atoms with van der Waals surface area (Å²) >= 11 is 6.23. The predicted octanol–water partition coefficient (Wildman–Crippen LogP) is 3.87. The molecule has 0 saturated heterocycles. The molecule has 0 saturated carbocycles. The van der Waals surface area contributed by atoms with Gasteiger partial charge in [0.25, 0.3) is 13.3 Å².